The fourth-order valence-electron chi connectivity index (χ4n) is 2.39. The molecule has 0 saturated carbocycles. The van der Waals surface area contributed by atoms with E-state index in [-0.39, 0.29) is 0 Å². The highest BCUT2D eigenvalue weighted by atomic mass is 35.5. The van der Waals surface area contributed by atoms with Crippen molar-refractivity contribution < 1.29 is 9.47 Å². The summed E-state index contributed by atoms with van der Waals surface area (Å²) in [5.41, 5.74) is 2.18. The van der Waals surface area contributed by atoms with Crippen LogP contribution >= 0.6 is 11.6 Å². The Morgan fingerprint density at radius 2 is 1.80 bits per heavy atom. The summed E-state index contributed by atoms with van der Waals surface area (Å²) in [6, 6.07) is 14.0. The molecule has 2 rings (SSSR count). The highest BCUT2D eigenvalue weighted by Crippen LogP contribution is 2.37. The van der Waals surface area contributed by atoms with Gasteiger partial charge in [-0.2, -0.15) is 0 Å². The lowest BCUT2D eigenvalue weighted by molar-refractivity contribution is 0.269. The van der Waals surface area contributed by atoms with Crippen molar-refractivity contribution in [1.82, 2.24) is 10.2 Å². The van der Waals surface area contributed by atoms with Crippen LogP contribution in [0.4, 0.5) is 0 Å². The first-order valence-corrected chi connectivity index (χ1v) is 8.95. The van der Waals surface area contributed by atoms with Crippen LogP contribution in [-0.4, -0.2) is 38.7 Å². The summed E-state index contributed by atoms with van der Waals surface area (Å²) in [5, 5.41) is 3.99. The van der Waals surface area contributed by atoms with E-state index in [1.807, 2.05) is 49.4 Å². The fraction of sp³-hybridized carbons (Fsp3) is 0.400. The molecule has 25 heavy (non-hydrogen) atoms. The van der Waals surface area contributed by atoms with Gasteiger partial charge in [-0.25, -0.2) is 0 Å². The number of benzene rings is 2. The predicted molar refractivity (Wildman–Crippen MR) is 104 cm³/mol. The number of nitrogens with zero attached hydrogens (tertiary/aromatic N) is 1. The van der Waals surface area contributed by atoms with Crippen molar-refractivity contribution in [2.24, 2.45) is 0 Å². The minimum absolute atomic E-state index is 0.459. The normalized spacial score (nSPS) is 10.9. The molecule has 0 aliphatic rings. The van der Waals surface area contributed by atoms with Crippen molar-refractivity contribution in [3.8, 4) is 11.5 Å². The van der Waals surface area contributed by atoms with Crippen molar-refractivity contribution in [3.05, 3.63) is 58.6 Å². The molecular formula is C20H27ClN2O2. The number of hydrogen-bond donors (Lipinski definition) is 1. The second-order valence-electron chi connectivity index (χ2n) is 6.09. The molecule has 136 valence electrons. The number of likely N-dealkylation sites (N-methyl/N-ethyl adjacent to an activating group) is 1. The van der Waals surface area contributed by atoms with Gasteiger partial charge in [-0.1, -0.05) is 41.9 Å². The zero-order valence-corrected chi connectivity index (χ0v) is 16.0. The molecular weight excluding hydrogens is 336 g/mol. The quantitative estimate of drug-likeness (QED) is 0.648. The minimum atomic E-state index is 0.459. The molecule has 2 aromatic carbocycles. The Kier molecular flexibility index (Phi) is 8.06. The molecule has 0 amide bonds. The summed E-state index contributed by atoms with van der Waals surface area (Å²) in [7, 11) is 4.12. The lowest BCUT2D eigenvalue weighted by atomic mass is 10.2. The standard InChI is InChI=1S/C20H27ClN2O2/c1-4-24-19-13-17(14-22-10-11-23(2)3)12-18(21)20(19)25-15-16-8-6-5-7-9-16/h5-9,12-13,22H,4,10-11,14-15H2,1-3H3. The van der Waals surface area contributed by atoms with Gasteiger partial charge in [0.15, 0.2) is 11.5 Å². The Morgan fingerprint density at radius 3 is 2.48 bits per heavy atom. The Hall–Kier alpha value is -1.75. The van der Waals surface area contributed by atoms with Crippen LogP contribution in [0.2, 0.25) is 5.02 Å². The summed E-state index contributed by atoms with van der Waals surface area (Å²) < 4.78 is 11.7. The molecule has 0 aromatic heterocycles. The molecule has 0 aliphatic carbocycles. The molecule has 0 fully saturated rings. The smallest absolute Gasteiger partial charge is 0.180 e. The topological polar surface area (TPSA) is 33.7 Å². The largest absolute Gasteiger partial charge is 0.490 e. The zero-order chi connectivity index (χ0) is 18.1. The van der Waals surface area contributed by atoms with E-state index < -0.39 is 0 Å². The van der Waals surface area contributed by atoms with E-state index in [0.29, 0.717) is 29.7 Å². The number of hydrogen-bond acceptors (Lipinski definition) is 4. The van der Waals surface area contributed by atoms with Crippen molar-refractivity contribution in [1.29, 1.82) is 0 Å². The molecule has 5 heteroatoms. The first-order chi connectivity index (χ1) is 12.1. The number of ether oxygens (including phenoxy) is 2. The van der Waals surface area contributed by atoms with Crippen LogP contribution in [0.15, 0.2) is 42.5 Å². The Labute approximate surface area is 155 Å². The summed E-state index contributed by atoms with van der Waals surface area (Å²) in [5.74, 6) is 1.29. The average molecular weight is 363 g/mol. The van der Waals surface area contributed by atoms with Crippen LogP contribution in [0.3, 0.4) is 0 Å². The Balaban J connectivity index is 2.05. The van der Waals surface area contributed by atoms with Gasteiger partial charge in [-0.05, 0) is 44.3 Å². The lowest BCUT2D eigenvalue weighted by Gasteiger charge is -2.16. The second-order valence-corrected chi connectivity index (χ2v) is 6.50. The molecule has 4 nitrogen and oxygen atoms in total. The molecule has 0 spiro atoms. The minimum Gasteiger partial charge on any atom is -0.490 e. The SMILES string of the molecule is CCOc1cc(CNCCN(C)C)cc(Cl)c1OCc1ccccc1. The summed E-state index contributed by atoms with van der Waals surface area (Å²) in [4.78, 5) is 2.14. The van der Waals surface area contributed by atoms with Gasteiger partial charge in [0.25, 0.3) is 0 Å². The molecule has 0 radical (unpaired) electrons. The molecule has 0 aliphatic heterocycles. The van der Waals surface area contributed by atoms with Crippen LogP contribution in [0.25, 0.3) is 0 Å². The predicted octanol–water partition coefficient (Wildman–Crippen LogP) is 3.97. The van der Waals surface area contributed by atoms with E-state index in [0.717, 1.165) is 30.8 Å². The number of nitrogens with one attached hydrogen (secondary N) is 1. The second kappa shape index (κ2) is 10.3. The van der Waals surface area contributed by atoms with Gasteiger partial charge < -0.3 is 19.7 Å². The monoisotopic (exact) mass is 362 g/mol. The van der Waals surface area contributed by atoms with Crippen LogP contribution in [0.5, 0.6) is 11.5 Å². The van der Waals surface area contributed by atoms with Gasteiger partial charge >= 0.3 is 0 Å². The third-order valence-electron chi connectivity index (χ3n) is 3.66. The van der Waals surface area contributed by atoms with Gasteiger partial charge in [0.05, 0.1) is 11.6 Å². The highest BCUT2D eigenvalue weighted by Gasteiger charge is 2.13. The summed E-state index contributed by atoms with van der Waals surface area (Å²) >= 11 is 6.46. The molecule has 0 heterocycles. The van der Waals surface area contributed by atoms with Crippen molar-refractivity contribution in [3.63, 3.8) is 0 Å². The molecule has 0 saturated heterocycles. The Morgan fingerprint density at radius 1 is 1.04 bits per heavy atom. The average Bonchev–Trinajstić information content (AvgIpc) is 2.59. The van der Waals surface area contributed by atoms with E-state index in [4.69, 9.17) is 21.1 Å². The Bertz CT molecular complexity index is 648. The number of halogens is 1. The third kappa shape index (κ3) is 6.58. The van der Waals surface area contributed by atoms with E-state index in [1.165, 1.54) is 0 Å². The maximum Gasteiger partial charge on any atom is 0.180 e. The van der Waals surface area contributed by atoms with Gasteiger partial charge in [-0.3, -0.25) is 0 Å². The molecule has 0 bridgehead atoms. The highest BCUT2D eigenvalue weighted by molar-refractivity contribution is 6.32. The van der Waals surface area contributed by atoms with Gasteiger partial charge in [0, 0.05) is 19.6 Å². The van der Waals surface area contributed by atoms with E-state index in [9.17, 15) is 0 Å². The maximum atomic E-state index is 6.46. The van der Waals surface area contributed by atoms with Crippen molar-refractivity contribution >= 4 is 11.6 Å². The van der Waals surface area contributed by atoms with E-state index in [2.05, 4.69) is 24.3 Å². The molecule has 0 unspecified atom stereocenters. The van der Waals surface area contributed by atoms with Crippen LogP contribution in [0.1, 0.15) is 18.1 Å². The van der Waals surface area contributed by atoms with Crippen LogP contribution < -0.4 is 14.8 Å². The lowest BCUT2D eigenvalue weighted by Crippen LogP contribution is -2.26. The third-order valence-corrected chi connectivity index (χ3v) is 3.94. The first-order valence-electron chi connectivity index (χ1n) is 8.57. The van der Waals surface area contributed by atoms with Gasteiger partial charge in [0.1, 0.15) is 6.61 Å². The van der Waals surface area contributed by atoms with Crippen molar-refractivity contribution in [2.45, 2.75) is 20.1 Å². The molecule has 1 N–H and O–H groups in total. The van der Waals surface area contributed by atoms with Crippen molar-refractivity contribution in [2.75, 3.05) is 33.8 Å². The molecule has 0 atom stereocenters. The maximum absolute atomic E-state index is 6.46. The molecule has 2 aromatic rings. The van der Waals surface area contributed by atoms with E-state index in [1.54, 1.807) is 0 Å². The van der Waals surface area contributed by atoms with Gasteiger partial charge in [0.2, 0.25) is 0 Å². The van der Waals surface area contributed by atoms with E-state index >= 15 is 0 Å². The fourth-order valence-corrected chi connectivity index (χ4v) is 2.68. The zero-order valence-electron chi connectivity index (χ0n) is 15.2. The summed E-state index contributed by atoms with van der Waals surface area (Å²) in [6.45, 7) is 5.63. The van der Waals surface area contributed by atoms with Crippen LogP contribution in [0, 0.1) is 0 Å². The van der Waals surface area contributed by atoms with Gasteiger partial charge in [-0.15, -0.1) is 0 Å². The summed E-state index contributed by atoms with van der Waals surface area (Å²) in [6.07, 6.45) is 0. The first kappa shape index (κ1) is 19.6. The number of rotatable bonds is 10. The van der Waals surface area contributed by atoms with Crippen LogP contribution in [-0.2, 0) is 13.2 Å².